The molecule has 1 atom stereocenters. The summed E-state index contributed by atoms with van der Waals surface area (Å²) in [6, 6.07) is 7.82. The Labute approximate surface area is 158 Å². The Bertz CT molecular complexity index is 495. The van der Waals surface area contributed by atoms with Gasteiger partial charge in [0.1, 0.15) is 0 Å². The Balaban J connectivity index is 0.00000264. The molecule has 0 bridgehead atoms. The van der Waals surface area contributed by atoms with Gasteiger partial charge in [-0.2, -0.15) is 0 Å². The van der Waals surface area contributed by atoms with Gasteiger partial charge in [-0.15, -0.1) is 24.8 Å². The molecule has 1 saturated heterocycles. The predicted molar refractivity (Wildman–Crippen MR) is 106 cm³/mol. The molecular weight excluding hydrogens is 345 g/mol. The molecule has 1 aliphatic heterocycles. The van der Waals surface area contributed by atoms with E-state index < -0.39 is 0 Å². The van der Waals surface area contributed by atoms with Crippen molar-refractivity contribution in [2.45, 2.75) is 33.1 Å². The monoisotopic (exact) mass is 375 g/mol. The van der Waals surface area contributed by atoms with E-state index in [1.807, 2.05) is 29.2 Å². The van der Waals surface area contributed by atoms with Gasteiger partial charge in [0, 0.05) is 31.7 Å². The molecule has 1 aromatic rings. The lowest BCUT2D eigenvalue weighted by atomic mass is 10.1. The molecule has 1 aliphatic rings. The summed E-state index contributed by atoms with van der Waals surface area (Å²) in [5.41, 5.74) is 7.80. The number of aryl methyl sites for hydroxylation is 1. The first-order valence-electron chi connectivity index (χ1n) is 8.47. The molecule has 2 N–H and O–H groups in total. The van der Waals surface area contributed by atoms with Crippen molar-refractivity contribution >= 4 is 36.4 Å². The third-order valence-corrected chi connectivity index (χ3v) is 4.71. The molecule has 2 rings (SSSR count). The molecule has 1 heterocycles. The first-order chi connectivity index (χ1) is 10.6. The fourth-order valence-corrected chi connectivity index (χ4v) is 3.22. The second-order valence-corrected chi connectivity index (χ2v) is 6.18. The van der Waals surface area contributed by atoms with Gasteiger partial charge in [-0.25, -0.2) is 0 Å². The summed E-state index contributed by atoms with van der Waals surface area (Å²) < 4.78 is 0. The number of benzene rings is 1. The summed E-state index contributed by atoms with van der Waals surface area (Å²) in [5, 5.41) is 0. The second kappa shape index (κ2) is 11.6. The number of amides is 1. The summed E-state index contributed by atoms with van der Waals surface area (Å²) in [6.07, 6.45) is 2.44. The van der Waals surface area contributed by atoms with Crippen molar-refractivity contribution in [3.05, 3.63) is 29.8 Å². The SMILES string of the molecule is CCN(CC)CC1CCN(C(=O)CCc2ccccc2N)C1.Cl.Cl. The number of para-hydroxylation sites is 1. The highest BCUT2D eigenvalue weighted by molar-refractivity contribution is 5.85. The van der Waals surface area contributed by atoms with E-state index in [1.54, 1.807) is 0 Å². The van der Waals surface area contributed by atoms with Crippen LogP contribution in [0, 0.1) is 5.92 Å². The maximum Gasteiger partial charge on any atom is 0.222 e. The van der Waals surface area contributed by atoms with Crippen LogP contribution >= 0.6 is 24.8 Å². The molecule has 0 aliphatic carbocycles. The van der Waals surface area contributed by atoms with E-state index in [4.69, 9.17) is 5.73 Å². The molecule has 0 saturated carbocycles. The lowest BCUT2D eigenvalue weighted by Crippen LogP contribution is -2.33. The van der Waals surface area contributed by atoms with Crippen LogP contribution in [0.3, 0.4) is 0 Å². The molecule has 1 fully saturated rings. The summed E-state index contributed by atoms with van der Waals surface area (Å²) in [7, 11) is 0. The molecule has 24 heavy (non-hydrogen) atoms. The fraction of sp³-hybridized carbons (Fsp3) is 0.611. The van der Waals surface area contributed by atoms with Crippen molar-refractivity contribution in [3.8, 4) is 0 Å². The Morgan fingerprint density at radius 1 is 1.25 bits per heavy atom. The van der Waals surface area contributed by atoms with Gasteiger partial charge in [-0.3, -0.25) is 4.79 Å². The van der Waals surface area contributed by atoms with Crippen LogP contribution in [-0.4, -0.2) is 48.4 Å². The largest absolute Gasteiger partial charge is 0.399 e. The van der Waals surface area contributed by atoms with Crippen LogP contribution in [0.25, 0.3) is 0 Å². The van der Waals surface area contributed by atoms with Crippen molar-refractivity contribution in [3.63, 3.8) is 0 Å². The number of nitrogens with two attached hydrogens (primary N) is 1. The van der Waals surface area contributed by atoms with E-state index in [2.05, 4.69) is 18.7 Å². The number of carbonyl (C=O) groups excluding carboxylic acids is 1. The minimum atomic E-state index is 0. The number of hydrogen-bond acceptors (Lipinski definition) is 3. The van der Waals surface area contributed by atoms with Gasteiger partial charge >= 0.3 is 0 Å². The van der Waals surface area contributed by atoms with Gasteiger partial charge in [-0.1, -0.05) is 32.0 Å². The van der Waals surface area contributed by atoms with Gasteiger partial charge in [-0.05, 0) is 43.5 Å². The van der Waals surface area contributed by atoms with E-state index in [0.717, 1.165) is 56.8 Å². The van der Waals surface area contributed by atoms with Crippen LogP contribution in [0.1, 0.15) is 32.3 Å². The summed E-state index contributed by atoms with van der Waals surface area (Å²) in [6.45, 7) is 9.52. The highest BCUT2D eigenvalue weighted by Gasteiger charge is 2.26. The van der Waals surface area contributed by atoms with Gasteiger partial charge < -0.3 is 15.5 Å². The van der Waals surface area contributed by atoms with E-state index in [1.165, 1.54) is 0 Å². The number of carbonyl (C=O) groups is 1. The van der Waals surface area contributed by atoms with Crippen molar-refractivity contribution in [2.24, 2.45) is 5.92 Å². The molecule has 6 heteroatoms. The third-order valence-electron chi connectivity index (χ3n) is 4.71. The number of halogens is 2. The zero-order chi connectivity index (χ0) is 15.9. The maximum atomic E-state index is 12.4. The zero-order valence-corrected chi connectivity index (χ0v) is 16.4. The molecule has 1 amide bonds. The lowest BCUT2D eigenvalue weighted by Gasteiger charge is -2.22. The first-order valence-corrected chi connectivity index (χ1v) is 8.47. The third kappa shape index (κ3) is 6.50. The maximum absolute atomic E-state index is 12.4. The molecular formula is C18H31Cl2N3O. The van der Waals surface area contributed by atoms with Crippen molar-refractivity contribution < 1.29 is 4.79 Å². The first kappa shape index (κ1) is 23.0. The lowest BCUT2D eigenvalue weighted by molar-refractivity contribution is -0.130. The van der Waals surface area contributed by atoms with E-state index >= 15 is 0 Å². The number of rotatable bonds is 7. The van der Waals surface area contributed by atoms with Gasteiger partial charge in [0.2, 0.25) is 5.91 Å². The van der Waals surface area contributed by atoms with Crippen LogP contribution in [0.5, 0.6) is 0 Å². The number of anilines is 1. The Morgan fingerprint density at radius 3 is 2.54 bits per heavy atom. The minimum absolute atomic E-state index is 0. The van der Waals surface area contributed by atoms with Crippen LogP contribution in [0.15, 0.2) is 24.3 Å². The molecule has 0 radical (unpaired) electrons. The average molecular weight is 376 g/mol. The molecule has 0 spiro atoms. The van der Waals surface area contributed by atoms with Crippen LogP contribution in [-0.2, 0) is 11.2 Å². The number of nitrogens with zero attached hydrogens (tertiary/aromatic N) is 2. The van der Waals surface area contributed by atoms with Gasteiger partial charge in [0.15, 0.2) is 0 Å². The van der Waals surface area contributed by atoms with E-state index in [9.17, 15) is 4.79 Å². The summed E-state index contributed by atoms with van der Waals surface area (Å²) in [4.78, 5) is 16.9. The number of nitrogen functional groups attached to an aromatic ring is 1. The van der Waals surface area contributed by atoms with Crippen LogP contribution in [0.4, 0.5) is 5.69 Å². The van der Waals surface area contributed by atoms with Gasteiger partial charge in [0.25, 0.3) is 0 Å². The average Bonchev–Trinajstić information content (AvgIpc) is 3.00. The normalized spacial score (nSPS) is 16.6. The Morgan fingerprint density at radius 2 is 1.92 bits per heavy atom. The van der Waals surface area contributed by atoms with Gasteiger partial charge in [0.05, 0.1) is 0 Å². The second-order valence-electron chi connectivity index (χ2n) is 6.18. The number of hydrogen-bond donors (Lipinski definition) is 1. The van der Waals surface area contributed by atoms with Crippen molar-refractivity contribution in [1.29, 1.82) is 0 Å². The van der Waals surface area contributed by atoms with E-state index in [0.29, 0.717) is 12.3 Å². The van der Waals surface area contributed by atoms with Crippen molar-refractivity contribution in [2.75, 3.05) is 38.5 Å². The Kier molecular flexibility index (Phi) is 11.1. The molecule has 1 aromatic carbocycles. The topological polar surface area (TPSA) is 49.6 Å². The Hall–Kier alpha value is -0.970. The fourth-order valence-electron chi connectivity index (χ4n) is 3.22. The minimum Gasteiger partial charge on any atom is -0.399 e. The zero-order valence-electron chi connectivity index (χ0n) is 14.7. The summed E-state index contributed by atoms with van der Waals surface area (Å²) in [5.74, 6) is 0.899. The molecule has 138 valence electrons. The molecule has 4 nitrogen and oxygen atoms in total. The molecule has 1 unspecified atom stereocenters. The van der Waals surface area contributed by atoms with Crippen LogP contribution < -0.4 is 5.73 Å². The summed E-state index contributed by atoms with van der Waals surface area (Å²) >= 11 is 0. The quantitative estimate of drug-likeness (QED) is 0.744. The highest BCUT2D eigenvalue weighted by Crippen LogP contribution is 2.20. The van der Waals surface area contributed by atoms with E-state index in [-0.39, 0.29) is 30.7 Å². The number of likely N-dealkylation sites (tertiary alicyclic amines) is 1. The van der Waals surface area contributed by atoms with Crippen molar-refractivity contribution in [1.82, 2.24) is 9.80 Å². The van der Waals surface area contributed by atoms with Crippen LogP contribution in [0.2, 0.25) is 0 Å². The highest BCUT2D eigenvalue weighted by atomic mass is 35.5. The smallest absolute Gasteiger partial charge is 0.222 e. The predicted octanol–water partition coefficient (Wildman–Crippen LogP) is 3.24. The molecule has 0 aromatic heterocycles. The standard InChI is InChI=1S/C18H29N3O.2ClH/c1-3-20(4-2)13-15-11-12-21(14-15)18(22)10-9-16-7-5-6-8-17(16)19;;/h5-8,15H,3-4,9-14,19H2,1-2H3;2*1H.